The molecule has 1 heterocycles. The maximum absolute atomic E-state index is 13.5. The molecule has 1 aromatic carbocycles. The van der Waals surface area contributed by atoms with Gasteiger partial charge in [-0.15, -0.1) is 11.3 Å². The lowest BCUT2D eigenvalue weighted by Gasteiger charge is -2.08. The molecule has 0 bridgehead atoms. The van der Waals surface area contributed by atoms with Crippen LogP contribution in [0.3, 0.4) is 0 Å². The Bertz CT molecular complexity index is 779. The van der Waals surface area contributed by atoms with Gasteiger partial charge in [-0.3, -0.25) is 14.9 Å². The largest absolute Gasteiger partial charge is 0.494 e. The highest BCUT2D eigenvalue weighted by molar-refractivity contribution is 7.09. The summed E-state index contributed by atoms with van der Waals surface area (Å²) in [5.41, 5.74) is 0.377. The number of rotatable bonds is 7. The minimum Gasteiger partial charge on any atom is -0.494 e. The number of thiophene rings is 1. The molecule has 0 aliphatic heterocycles. The first-order valence-electron chi connectivity index (χ1n) is 7.56. The van der Waals surface area contributed by atoms with Crippen LogP contribution in [-0.4, -0.2) is 31.6 Å². The molecule has 0 unspecified atom stereocenters. The van der Waals surface area contributed by atoms with Crippen molar-refractivity contribution in [1.29, 1.82) is 0 Å². The molecule has 0 spiro atoms. The highest BCUT2D eigenvalue weighted by atomic mass is 32.1. The molecule has 138 valence electrons. The van der Waals surface area contributed by atoms with E-state index >= 15 is 0 Å². The van der Waals surface area contributed by atoms with Crippen LogP contribution in [0, 0.1) is 5.82 Å². The molecule has 0 radical (unpaired) electrons. The zero-order valence-electron chi connectivity index (χ0n) is 13.9. The number of nitrogens with one attached hydrogen (secondary N) is 2. The van der Waals surface area contributed by atoms with Crippen LogP contribution >= 0.6 is 11.3 Å². The summed E-state index contributed by atoms with van der Waals surface area (Å²) in [7, 11) is 1.33. The number of halogens is 1. The van der Waals surface area contributed by atoms with Crippen LogP contribution in [-0.2, 0) is 27.3 Å². The molecule has 1 aromatic heterocycles. The minimum absolute atomic E-state index is 0.0649. The van der Waals surface area contributed by atoms with Gasteiger partial charge in [0.05, 0.1) is 20.1 Å². The monoisotopic (exact) mass is 380 g/mol. The average molecular weight is 380 g/mol. The summed E-state index contributed by atoms with van der Waals surface area (Å²) in [5, 5.41) is 6.42. The van der Waals surface area contributed by atoms with Crippen molar-refractivity contribution in [2.75, 3.05) is 13.7 Å². The highest BCUT2D eigenvalue weighted by Crippen LogP contribution is 2.18. The maximum atomic E-state index is 13.5. The van der Waals surface area contributed by atoms with Crippen molar-refractivity contribution in [1.82, 2.24) is 10.6 Å². The second kappa shape index (κ2) is 9.52. The lowest BCUT2D eigenvalue weighted by molar-refractivity contribution is -0.147. The summed E-state index contributed by atoms with van der Waals surface area (Å²) in [4.78, 5) is 35.8. The third-order valence-corrected chi connectivity index (χ3v) is 4.06. The predicted octanol–water partition coefficient (Wildman–Crippen LogP) is 2.01. The molecule has 0 aliphatic rings. The second-order valence-electron chi connectivity index (χ2n) is 5.12. The Hall–Kier alpha value is -2.94. The maximum Gasteiger partial charge on any atom is 0.321 e. The summed E-state index contributed by atoms with van der Waals surface area (Å²) in [6.07, 6.45) is -0.210. The van der Waals surface area contributed by atoms with Crippen LogP contribution in [0.5, 0.6) is 5.75 Å². The first kappa shape index (κ1) is 19.4. The van der Waals surface area contributed by atoms with Gasteiger partial charge in [0.2, 0.25) is 0 Å². The molecule has 2 aromatic rings. The first-order valence-corrected chi connectivity index (χ1v) is 8.44. The van der Waals surface area contributed by atoms with E-state index in [1.54, 1.807) is 0 Å². The molecular formula is C17H17FN2O5S. The number of imide groups is 1. The van der Waals surface area contributed by atoms with Gasteiger partial charge in [-0.05, 0) is 29.1 Å². The number of amides is 3. The van der Waals surface area contributed by atoms with Gasteiger partial charge in [0.15, 0.2) is 18.2 Å². The Morgan fingerprint density at radius 1 is 1.23 bits per heavy atom. The standard InChI is InChI=1S/C17H17FN2O5S/c1-24-14-5-4-11(7-13(14)18)8-16(22)25-10-15(21)20-17(23)19-9-12-3-2-6-26-12/h2-7H,8-10H2,1H3,(H2,19,20,21,23). The lowest BCUT2D eigenvalue weighted by Crippen LogP contribution is -2.41. The van der Waals surface area contributed by atoms with Crippen LogP contribution in [0.25, 0.3) is 0 Å². The Morgan fingerprint density at radius 3 is 2.69 bits per heavy atom. The van der Waals surface area contributed by atoms with Gasteiger partial charge in [-0.2, -0.15) is 0 Å². The molecule has 3 amide bonds. The number of carbonyl (C=O) groups is 3. The molecule has 0 saturated heterocycles. The smallest absolute Gasteiger partial charge is 0.321 e. The number of carbonyl (C=O) groups excluding carboxylic acids is 3. The van der Waals surface area contributed by atoms with E-state index in [0.29, 0.717) is 12.1 Å². The van der Waals surface area contributed by atoms with Crippen LogP contribution in [0.15, 0.2) is 35.7 Å². The zero-order chi connectivity index (χ0) is 18.9. The van der Waals surface area contributed by atoms with E-state index in [1.807, 2.05) is 22.8 Å². The lowest BCUT2D eigenvalue weighted by atomic mass is 10.1. The van der Waals surface area contributed by atoms with E-state index in [1.165, 1.54) is 30.6 Å². The number of hydrogen-bond acceptors (Lipinski definition) is 6. The van der Waals surface area contributed by atoms with Crippen molar-refractivity contribution >= 4 is 29.2 Å². The number of hydrogen-bond donors (Lipinski definition) is 2. The highest BCUT2D eigenvalue weighted by Gasteiger charge is 2.12. The van der Waals surface area contributed by atoms with Gasteiger partial charge in [0, 0.05) is 4.88 Å². The topological polar surface area (TPSA) is 93.7 Å². The second-order valence-corrected chi connectivity index (χ2v) is 6.15. The van der Waals surface area contributed by atoms with Gasteiger partial charge < -0.3 is 14.8 Å². The fourth-order valence-corrected chi connectivity index (χ4v) is 2.62. The normalized spacial score (nSPS) is 10.1. The van der Waals surface area contributed by atoms with Crippen molar-refractivity contribution in [3.8, 4) is 5.75 Å². The summed E-state index contributed by atoms with van der Waals surface area (Å²) >= 11 is 1.47. The van der Waals surface area contributed by atoms with Crippen molar-refractivity contribution in [3.63, 3.8) is 0 Å². The van der Waals surface area contributed by atoms with Gasteiger partial charge >= 0.3 is 12.0 Å². The summed E-state index contributed by atoms with van der Waals surface area (Å²) in [5.74, 6) is -2.01. The minimum atomic E-state index is -0.761. The van der Waals surface area contributed by atoms with Crippen LogP contribution in [0.2, 0.25) is 0 Å². The van der Waals surface area contributed by atoms with Gasteiger partial charge in [0.1, 0.15) is 0 Å². The van der Waals surface area contributed by atoms with E-state index in [2.05, 4.69) is 5.32 Å². The van der Waals surface area contributed by atoms with E-state index in [0.717, 1.165) is 10.9 Å². The van der Waals surface area contributed by atoms with Crippen molar-refractivity contribution in [2.45, 2.75) is 13.0 Å². The summed E-state index contributed by atoms with van der Waals surface area (Å²) in [6.45, 7) is -0.316. The number of benzene rings is 1. The average Bonchev–Trinajstić information content (AvgIpc) is 3.12. The number of ether oxygens (including phenoxy) is 2. The van der Waals surface area contributed by atoms with E-state index in [4.69, 9.17) is 9.47 Å². The zero-order valence-corrected chi connectivity index (χ0v) is 14.7. The van der Waals surface area contributed by atoms with Gasteiger partial charge in [0.25, 0.3) is 5.91 Å². The molecule has 0 saturated carbocycles. The fourth-order valence-electron chi connectivity index (χ4n) is 1.97. The van der Waals surface area contributed by atoms with Crippen LogP contribution < -0.4 is 15.4 Å². The quantitative estimate of drug-likeness (QED) is 0.717. The van der Waals surface area contributed by atoms with Crippen molar-refractivity contribution in [2.24, 2.45) is 0 Å². The van der Waals surface area contributed by atoms with Crippen LogP contribution in [0.1, 0.15) is 10.4 Å². The first-order chi connectivity index (χ1) is 12.5. The molecule has 0 aliphatic carbocycles. The number of urea groups is 1. The molecule has 9 heteroatoms. The SMILES string of the molecule is COc1ccc(CC(=O)OCC(=O)NC(=O)NCc2cccs2)cc1F. The molecule has 26 heavy (non-hydrogen) atoms. The molecule has 0 atom stereocenters. The third kappa shape index (κ3) is 6.17. The third-order valence-electron chi connectivity index (χ3n) is 3.19. The van der Waals surface area contributed by atoms with E-state index in [-0.39, 0.29) is 12.2 Å². The van der Waals surface area contributed by atoms with E-state index in [9.17, 15) is 18.8 Å². The van der Waals surface area contributed by atoms with E-state index < -0.39 is 30.3 Å². The van der Waals surface area contributed by atoms with Crippen molar-refractivity contribution < 1.29 is 28.2 Å². The fraction of sp³-hybridized carbons (Fsp3) is 0.235. The number of methoxy groups -OCH3 is 1. The molecule has 0 fully saturated rings. The number of esters is 1. The van der Waals surface area contributed by atoms with Crippen LogP contribution in [0.4, 0.5) is 9.18 Å². The van der Waals surface area contributed by atoms with Gasteiger partial charge in [-0.25, -0.2) is 9.18 Å². The Balaban J connectivity index is 1.70. The predicted molar refractivity (Wildman–Crippen MR) is 92.3 cm³/mol. The molecule has 2 rings (SSSR count). The van der Waals surface area contributed by atoms with Crippen molar-refractivity contribution in [3.05, 3.63) is 52.0 Å². The molecule has 2 N–H and O–H groups in total. The Kier molecular flexibility index (Phi) is 7.10. The molecule has 7 nitrogen and oxygen atoms in total. The summed E-state index contributed by atoms with van der Waals surface area (Å²) < 4.78 is 23.1. The Morgan fingerprint density at radius 2 is 2.04 bits per heavy atom. The van der Waals surface area contributed by atoms with Gasteiger partial charge in [-0.1, -0.05) is 12.1 Å². The Labute approximate surface area is 153 Å². The molecular weight excluding hydrogens is 363 g/mol. The summed E-state index contributed by atoms with van der Waals surface area (Å²) in [6, 6.07) is 7.06.